The molecule has 3 aromatic rings. The van der Waals surface area contributed by atoms with Crippen molar-refractivity contribution >= 4 is 25.1 Å². The molecule has 3 heterocycles. The Morgan fingerprint density at radius 2 is 1.79 bits per heavy atom. The van der Waals surface area contributed by atoms with Gasteiger partial charge < -0.3 is 29.9 Å². The van der Waals surface area contributed by atoms with Crippen LogP contribution < -0.4 is 15.3 Å². The van der Waals surface area contributed by atoms with Crippen molar-refractivity contribution in [2.75, 3.05) is 12.3 Å². The van der Waals surface area contributed by atoms with E-state index in [1.807, 2.05) is 12.1 Å². The normalized spacial score (nSPS) is 26.3. The second kappa shape index (κ2) is 14.2. The molecule has 0 radical (unpaired) electrons. The van der Waals surface area contributed by atoms with Gasteiger partial charge in [-0.2, -0.15) is 10.2 Å². The molecule has 1 saturated carbocycles. The average molecular weight is 674 g/mol. The molecule has 2 fully saturated rings. The molecule has 1 aliphatic carbocycles. The number of nitrogens with two attached hydrogens (primary N) is 1. The third-order valence-electron chi connectivity index (χ3n) is 9.05. The molecule has 47 heavy (non-hydrogen) atoms. The molecule has 1 saturated heterocycles. The zero-order valence-corrected chi connectivity index (χ0v) is 28.7. The molecular weight excluding hydrogens is 625 g/mol. The third-order valence-corrected chi connectivity index (χ3v) is 10.7. The van der Waals surface area contributed by atoms with E-state index in [0.717, 1.165) is 44.1 Å². The largest absolute Gasteiger partial charge is 0.461 e. The van der Waals surface area contributed by atoms with Gasteiger partial charge in [-0.05, 0) is 74.8 Å². The van der Waals surface area contributed by atoms with E-state index in [-0.39, 0.29) is 23.1 Å². The number of nitrogen functional groups attached to an aromatic ring is 1. The van der Waals surface area contributed by atoms with Gasteiger partial charge >= 0.3 is 13.7 Å². The van der Waals surface area contributed by atoms with Crippen molar-refractivity contribution in [1.29, 1.82) is 0 Å². The number of fused-ring (bicyclic) bond motifs is 1. The van der Waals surface area contributed by atoms with E-state index in [1.165, 1.54) is 17.3 Å². The van der Waals surface area contributed by atoms with Crippen LogP contribution in [0.1, 0.15) is 90.8 Å². The summed E-state index contributed by atoms with van der Waals surface area (Å²) >= 11 is 0. The van der Waals surface area contributed by atoms with Gasteiger partial charge in [-0.15, -0.1) is 0 Å². The van der Waals surface area contributed by atoms with E-state index in [2.05, 4.69) is 35.9 Å². The van der Waals surface area contributed by atoms with Crippen LogP contribution in [0.2, 0.25) is 0 Å². The molecule has 2 aliphatic rings. The maximum absolute atomic E-state index is 14.3. The van der Waals surface area contributed by atoms with Gasteiger partial charge in [0.25, 0.3) is 0 Å². The van der Waals surface area contributed by atoms with Crippen LogP contribution in [0.15, 0.2) is 42.7 Å². The van der Waals surface area contributed by atoms with Crippen LogP contribution >= 0.6 is 7.75 Å². The van der Waals surface area contributed by atoms with Gasteiger partial charge in [-0.25, -0.2) is 14.1 Å². The van der Waals surface area contributed by atoms with E-state index in [1.54, 1.807) is 38.1 Å². The number of carbonyl (C=O) groups is 1. The van der Waals surface area contributed by atoms with Gasteiger partial charge in [-0.1, -0.05) is 52.2 Å². The van der Waals surface area contributed by atoms with Crippen molar-refractivity contribution in [3.05, 3.63) is 54.0 Å². The lowest BCUT2D eigenvalue weighted by Gasteiger charge is -2.28. The molecule has 1 aliphatic heterocycles. The van der Waals surface area contributed by atoms with E-state index in [0.29, 0.717) is 11.2 Å². The molecule has 6 atom stereocenters. The van der Waals surface area contributed by atoms with Gasteiger partial charge in [-0.3, -0.25) is 9.32 Å². The molecule has 2 aromatic heterocycles. The quantitative estimate of drug-likeness (QED) is 0.171. The summed E-state index contributed by atoms with van der Waals surface area (Å²) in [5.74, 6) is -0.0682. The maximum atomic E-state index is 14.3. The monoisotopic (exact) mass is 673 g/mol. The predicted octanol–water partition coefficient (Wildman–Crippen LogP) is 4.78. The van der Waals surface area contributed by atoms with Crippen LogP contribution in [0.5, 0.6) is 5.75 Å². The second-order valence-corrected chi connectivity index (χ2v) is 15.5. The number of esters is 1. The lowest BCUT2D eigenvalue weighted by atomic mass is 9.87. The van der Waals surface area contributed by atoms with Crippen LogP contribution in [0.25, 0.3) is 5.52 Å². The molecule has 0 amide bonds. The number of nitrogens with one attached hydrogen (secondary N) is 1. The minimum Gasteiger partial charge on any atom is -0.461 e. The number of carbonyl (C=O) groups excluding carboxylic acids is 1. The number of hydrogen-bond donors (Lipinski definition) is 4. The standard InChI is InChI=1S/C33H48N5O8P/c1-21(31(41)44-23-11-9-7-6-8-10-12-23)37-47(42,46-24-15-13-22(14-16-24)32(2,3)4)43-19-26-28(39)29(40)33(5,45-26)27-18-17-25-30(34)35-20-36-38(25)27/h13-18,20-21,23,26,28-29,39-40H,6-12,19H2,1-5H3,(H,37,42)(H2,34,35,36)/t21-,26+,28+,29+,33-,47?/m0/s1. The average Bonchev–Trinajstić information content (AvgIpc) is 3.54. The highest BCUT2D eigenvalue weighted by Crippen LogP contribution is 2.47. The molecule has 5 N–H and O–H groups in total. The van der Waals surface area contributed by atoms with E-state index < -0.39 is 50.3 Å². The lowest BCUT2D eigenvalue weighted by molar-refractivity contribution is -0.151. The molecule has 13 nitrogen and oxygen atoms in total. The summed E-state index contributed by atoms with van der Waals surface area (Å²) in [5, 5.41) is 29.2. The fourth-order valence-electron chi connectivity index (χ4n) is 6.17. The summed E-state index contributed by atoms with van der Waals surface area (Å²) in [6, 6.07) is 9.44. The summed E-state index contributed by atoms with van der Waals surface area (Å²) < 4.78 is 39.6. The number of aliphatic hydroxyl groups is 2. The first-order valence-electron chi connectivity index (χ1n) is 16.4. The zero-order valence-electron chi connectivity index (χ0n) is 27.8. The molecular formula is C33H48N5O8P. The Morgan fingerprint density at radius 3 is 2.45 bits per heavy atom. The minimum atomic E-state index is -4.29. The van der Waals surface area contributed by atoms with Crippen LogP contribution in [-0.4, -0.2) is 67.8 Å². The van der Waals surface area contributed by atoms with Crippen LogP contribution in [-0.2, 0) is 34.4 Å². The fourth-order valence-corrected chi connectivity index (χ4v) is 7.67. The number of rotatable bonds is 10. The summed E-state index contributed by atoms with van der Waals surface area (Å²) in [6.45, 7) is 8.95. The number of aliphatic hydroxyl groups excluding tert-OH is 2. The van der Waals surface area contributed by atoms with E-state index >= 15 is 0 Å². The summed E-state index contributed by atoms with van der Waals surface area (Å²) in [5.41, 5.74) is 6.42. The molecule has 258 valence electrons. The Labute approximate surface area is 275 Å². The highest BCUT2D eigenvalue weighted by atomic mass is 31.2. The topological polar surface area (TPSA) is 180 Å². The number of nitrogens with zero attached hydrogens (tertiary/aromatic N) is 3. The Morgan fingerprint density at radius 1 is 1.13 bits per heavy atom. The summed E-state index contributed by atoms with van der Waals surface area (Å²) in [4.78, 5) is 17.2. The Hall–Kier alpha value is -3.06. The van der Waals surface area contributed by atoms with Crippen LogP contribution in [0.4, 0.5) is 5.82 Å². The van der Waals surface area contributed by atoms with Gasteiger partial charge in [0, 0.05) is 0 Å². The van der Waals surface area contributed by atoms with Crippen molar-refractivity contribution < 1.29 is 38.1 Å². The molecule has 0 spiro atoms. The van der Waals surface area contributed by atoms with E-state index in [4.69, 9.17) is 24.3 Å². The summed E-state index contributed by atoms with van der Waals surface area (Å²) in [7, 11) is -4.29. The van der Waals surface area contributed by atoms with Crippen molar-refractivity contribution in [2.24, 2.45) is 0 Å². The second-order valence-electron chi connectivity index (χ2n) is 13.8. The molecule has 5 rings (SSSR count). The highest BCUT2D eigenvalue weighted by molar-refractivity contribution is 7.52. The van der Waals surface area contributed by atoms with Gasteiger partial charge in [0.05, 0.1) is 12.3 Å². The van der Waals surface area contributed by atoms with Crippen molar-refractivity contribution in [2.45, 2.75) is 121 Å². The Kier molecular flexibility index (Phi) is 10.6. The third kappa shape index (κ3) is 7.98. The fraction of sp³-hybridized carbons (Fsp3) is 0.606. The first kappa shape index (κ1) is 35.3. The predicted molar refractivity (Wildman–Crippen MR) is 176 cm³/mol. The number of anilines is 1. The smallest absolute Gasteiger partial charge is 0.459 e. The van der Waals surface area contributed by atoms with Gasteiger partial charge in [0.1, 0.15) is 53.7 Å². The van der Waals surface area contributed by atoms with Crippen molar-refractivity contribution in [3.63, 3.8) is 0 Å². The Bertz CT molecular complexity index is 1570. The van der Waals surface area contributed by atoms with Gasteiger partial charge in [0.15, 0.2) is 5.82 Å². The first-order valence-corrected chi connectivity index (χ1v) is 17.9. The number of ether oxygens (including phenoxy) is 2. The number of benzene rings is 1. The lowest BCUT2D eigenvalue weighted by Crippen LogP contribution is -2.40. The minimum absolute atomic E-state index is 0.112. The molecule has 1 aromatic carbocycles. The van der Waals surface area contributed by atoms with E-state index in [9.17, 15) is 19.6 Å². The van der Waals surface area contributed by atoms with Crippen LogP contribution in [0.3, 0.4) is 0 Å². The maximum Gasteiger partial charge on any atom is 0.459 e. The highest BCUT2D eigenvalue weighted by Gasteiger charge is 2.54. The Balaban J connectivity index is 1.33. The molecule has 1 unspecified atom stereocenters. The number of aromatic nitrogens is 3. The summed E-state index contributed by atoms with van der Waals surface area (Å²) in [6.07, 6.45) is 4.09. The molecule has 14 heteroatoms. The first-order chi connectivity index (χ1) is 22.2. The van der Waals surface area contributed by atoms with Crippen LogP contribution in [0, 0.1) is 0 Å². The van der Waals surface area contributed by atoms with Crippen molar-refractivity contribution in [3.8, 4) is 5.75 Å². The number of hydrogen-bond acceptors (Lipinski definition) is 11. The van der Waals surface area contributed by atoms with Gasteiger partial charge in [0.2, 0.25) is 0 Å². The zero-order chi connectivity index (χ0) is 34.0. The molecule has 0 bridgehead atoms. The van der Waals surface area contributed by atoms with Crippen molar-refractivity contribution in [1.82, 2.24) is 19.7 Å². The SMILES string of the molecule is C[C@H](NP(=O)(OC[C@H]1O[C@@](C)(c2ccc3c(N)ncnn23)[C@H](O)[C@@H]1O)Oc1ccc(C(C)(C)C)cc1)C(=O)OC1CCCCCCC1.